The van der Waals surface area contributed by atoms with E-state index in [0.29, 0.717) is 0 Å². The van der Waals surface area contributed by atoms with Crippen molar-refractivity contribution in [2.75, 3.05) is 0 Å². The number of hydrogen-bond acceptors (Lipinski definition) is 2. The smallest absolute Gasteiger partial charge is 1.00 e. The summed E-state index contributed by atoms with van der Waals surface area (Å²) in [7, 11) is 0. The minimum absolute atomic E-state index is 0. The minimum Gasteiger partial charge on any atom is -1.00 e. The van der Waals surface area contributed by atoms with Gasteiger partial charge < -0.3 is 32.8 Å². The fourth-order valence-corrected chi connectivity index (χ4v) is 0. The van der Waals surface area contributed by atoms with Crippen molar-refractivity contribution in [2.24, 2.45) is 0 Å². The molecule has 0 aromatic heterocycles. The van der Waals surface area contributed by atoms with Crippen LogP contribution in [-0.4, -0.2) is 32.7 Å². The molecule has 0 aliphatic rings. The van der Waals surface area contributed by atoms with E-state index < -0.39 is 12.3 Å². The predicted molar refractivity (Wildman–Crippen MR) is 21.3 cm³/mol. The molecular formula is C2H4ClNaO6. The van der Waals surface area contributed by atoms with E-state index in [2.05, 4.69) is 0 Å². The number of rotatable bonds is 0. The van der Waals surface area contributed by atoms with Crippen LogP contribution in [0.2, 0.25) is 0 Å². The van der Waals surface area contributed by atoms with Crippen LogP contribution in [0.1, 0.15) is 0 Å². The van der Waals surface area contributed by atoms with Crippen molar-refractivity contribution in [1.29, 1.82) is 0 Å². The SMILES string of the molecule is O=C(O)O.O=C(O)O.[Cl-].[Na+]. The van der Waals surface area contributed by atoms with Crippen molar-refractivity contribution in [3.8, 4) is 0 Å². The molecule has 0 atom stereocenters. The van der Waals surface area contributed by atoms with Gasteiger partial charge in [0.1, 0.15) is 0 Å². The Morgan fingerprint density at radius 2 is 0.800 bits per heavy atom. The second kappa shape index (κ2) is 15.9. The average molecular weight is 182 g/mol. The first-order valence-electron chi connectivity index (χ1n) is 1.30. The van der Waals surface area contributed by atoms with Crippen LogP contribution in [0.15, 0.2) is 0 Å². The van der Waals surface area contributed by atoms with Crippen LogP contribution in [0.5, 0.6) is 0 Å². The van der Waals surface area contributed by atoms with Gasteiger partial charge in [-0.25, -0.2) is 9.59 Å². The molecule has 0 bridgehead atoms. The zero-order valence-corrected chi connectivity index (χ0v) is 7.74. The maximum atomic E-state index is 8.56. The summed E-state index contributed by atoms with van der Waals surface area (Å²) >= 11 is 0. The van der Waals surface area contributed by atoms with E-state index >= 15 is 0 Å². The Hall–Kier alpha value is -0.170. The molecule has 0 aliphatic heterocycles. The maximum absolute atomic E-state index is 8.56. The van der Waals surface area contributed by atoms with E-state index in [-0.39, 0.29) is 42.0 Å². The van der Waals surface area contributed by atoms with E-state index in [0.717, 1.165) is 0 Å². The molecule has 0 unspecified atom stereocenters. The molecule has 0 fully saturated rings. The van der Waals surface area contributed by atoms with Crippen molar-refractivity contribution in [3.63, 3.8) is 0 Å². The first kappa shape index (κ1) is 22.5. The van der Waals surface area contributed by atoms with E-state index in [1.54, 1.807) is 0 Å². The van der Waals surface area contributed by atoms with E-state index in [1.165, 1.54) is 0 Å². The molecule has 56 valence electrons. The molecule has 0 amide bonds. The second-order valence-corrected chi connectivity index (χ2v) is 0.565. The number of carbonyl (C=O) groups is 2. The topological polar surface area (TPSA) is 115 Å². The number of carboxylic acid groups (broad SMARTS) is 4. The van der Waals surface area contributed by atoms with Gasteiger partial charge in [-0.05, 0) is 0 Å². The van der Waals surface area contributed by atoms with Crippen LogP contribution in [0.3, 0.4) is 0 Å². The van der Waals surface area contributed by atoms with Gasteiger partial charge in [0.05, 0.1) is 0 Å². The van der Waals surface area contributed by atoms with Crippen molar-refractivity contribution >= 4 is 12.3 Å². The number of halogens is 1. The normalized spacial score (nSPS) is 4.80. The largest absolute Gasteiger partial charge is 1.00 e. The van der Waals surface area contributed by atoms with Crippen LogP contribution in [0.25, 0.3) is 0 Å². The Kier molecular flexibility index (Phi) is 35.9. The molecule has 0 heterocycles. The molecule has 10 heavy (non-hydrogen) atoms. The van der Waals surface area contributed by atoms with Gasteiger partial charge in [0.2, 0.25) is 0 Å². The Balaban J connectivity index is -0.0000000300. The van der Waals surface area contributed by atoms with Gasteiger partial charge in [-0.3, -0.25) is 0 Å². The van der Waals surface area contributed by atoms with Crippen LogP contribution < -0.4 is 42.0 Å². The molecule has 0 spiro atoms. The van der Waals surface area contributed by atoms with Crippen molar-refractivity contribution in [3.05, 3.63) is 0 Å². The summed E-state index contributed by atoms with van der Waals surface area (Å²) in [6.45, 7) is 0. The summed E-state index contributed by atoms with van der Waals surface area (Å²) in [6.07, 6.45) is -3.67. The Morgan fingerprint density at radius 3 is 0.800 bits per heavy atom. The van der Waals surface area contributed by atoms with Crippen LogP contribution >= 0.6 is 0 Å². The third kappa shape index (κ3) is 12600. The van der Waals surface area contributed by atoms with Gasteiger partial charge in [-0.15, -0.1) is 0 Å². The third-order valence-electron chi connectivity index (χ3n) is 0. The molecule has 0 rings (SSSR count). The van der Waals surface area contributed by atoms with Crippen LogP contribution in [0.4, 0.5) is 9.59 Å². The van der Waals surface area contributed by atoms with Crippen molar-refractivity contribution in [1.82, 2.24) is 0 Å². The summed E-state index contributed by atoms with van der Waals surface area (Å²) in [5.74, 6) is 0. The molecule has 0 radical (unpaired) electrons. The average Bonchev–Trinajstić information content (AvgIpc) is 1.25. The van der Waals surface area contributed by atoms with Gasteiger partial charge in [0.25, 0.3) is 0 Å². The summed E-state index contributed by atoms with van der Waals surface area (Å²) < 4.78 is 0. The molecule has 0 saturated heterocycles. The van der Waals surface area contributed by atoms with Crippen LogP contribution in [0, 0.1) is 0 Å². The molecule has 0 aliphatic carbocycles. The maximum Gasteiger partial charge on any atom is 1.00 e. The molecular weight excluding hydrogens is 178 g/mol. The second-order valence-electron chi connectivity index (χ2n) is 0.565. The van der Waals surface area contributed by atoms with E-state index in [9.17, 15) is 0 Å². The zero-order valence-electron chi connectivity index (χ0n) is 4.98. The van der Waals surface area contributed by atoms with Gasteiger partial charge >= 0.3 is 41.9 Å². The van der Waals surface area contributed by atoms with Gasteiger partial charge in [0.15, 0.2) is 0 Å². The number of hydrogen-bond donors (Lipinski definition) is 4. The summed E-state index contributed by atoms with van der Waals surface area (Å²) in [5, 5.41) is 27.9. The van der Waals surface area contributed by atoms with Crippen molar-refractivity contribution in [2.45, 2.75) is 0 Å². The zero-order chi connectivity index (χ0) is 7.15. The van der Waals surface area contributed by atoms with Gasteiger partial charge in [-0.2, -0.15) is 0 Å². The summed E-state index contributed by atoms with van der Waals surface area (Å²) in [4.78, 5) is 17.1. The van der Waals surface area contributed by atoms with E-state index in [4.69, 9.17) is 30.0 Å². The summed E-state index contributed by atoms with van der Waals surface area (Å²) in [6, 6.07) is 0. The Morgan fingerprint density at radius 1 is 0.800 bits per heavy atom. The third-order valence-corrected chi connectivity index (χ3v) is 0. The quantitative estimate of drug-likeness (QED) is 0.278. The molecule has 0 saturated carbocycles. The fraction of sp³-hybridized carbons (Fsp3) is 0. The standard InChI is InChI=1S/2CH2O3.ClH.Na/c2*2-1(3)4;;/h2*(H2,2,3,4);1H;/q;;;+1/p-1. The molecule has 8 heteroatoms. The first-order chi connectivity index (χ1) is 3.46. The summed E-state index contributed by atoms with van der Waals surface area (Å²) in [5.41, 5.74) is 0. The first-order valence-corrected chi connectivity index (χ1v) is 1.30. The minimum atomic E-state index is -1.83. The molecule has 4 N–H and O–H groups in total. The van der Waals surface area contributed by atoms with E-state index in [1.807, 2.05) is 0 Å². The monoisotopic (exact) mass is 182 g/mol. The predicted octanol–water partition coefficient (Wildman–Crippen LogP) is -5.55. The Labute approximate surface area is 84.2 Å². The van der Waals surface area contributed by atoms with Gasteiger partial charge in [-0.1, -0.05) is 0 Å². The van der Waals surface area contributed by atoms with Gasteiger partial charge in [0, 0.05) is 0 Å². The molecule has 0 aromatic carbocycles. The Bertz CT molecular complexity index is 73.7. The molecule has 6 nitrogen and oxygen atoms in total. The molecule has 0 aromatic rings. The van der Waals surface area contributed by atoms with Crippen molar-refractivity contribution < 1.29 is 72.0 Å². The van der Waals surface area contributed by atoms with Crippen LogP contribution in [-0.2, 0) is 0 Å². The fourth-order valence-electron chi connectivity index (χ4n) is 0.